The molecule has 2 aromatic rings. The van der Waals surface area contributed by atoms with Gasteiger partial charge in [-0.3, -0.25) is 0 Å². The fourth-order valence-electron chi connectivity index (χ4n) is 1.68. The minimum atomic E-state index is -0.985. The van der Waals surface area contributed by atoms with Gasteiger partial charge in [0, 0.05) is 0 Å². The Morgan fingerprint density at radius 1 is 0.900 bits per heavy atom. The highest BCUT2D eigenvalue weighted by molar-refractivity contribution is 6.02. The van der Waals surface area contributed by atoms with Crippen molar-refractivity contribution in [2.75, 3.05) is 10.0 Å². The molecule has 0 aliphatic carbocycles. The predicted molar refractivity (Wildman–Crippen MR) is 71.4 cm³/mol. The molecule has 1 aromatic carbocycles. The van der Waals surface area contributed by atoms with Gasteiger partial charge in [0.05, 0.1) is 22.4 Å². The maximum Gasteiger partial charge on any atom is 0.333 e. The van der Waals surface area contributed by atoms with E-state index in [2.05, 4.69) is 9.97 Å². The smallest absolute Gasteiger partial charge is 0.333 e. The minimum absolute atomic E-state index is 0.00144. The number of primary amides is 2. The van der Waals surface area contributed by atoms with Gasteiger partial charge in [-0.1, -0.05) is 0 Å². The van der Waals surface area contributed by atoms with Gasteiger partial charge in [0.1, 0.15) is 0 Å². The molecule has 11 nitrogen and oxygen atoms in total. The molecule has 2 rings (SSSR count). The van der Waals surface area contributed by atoms with Gasteiger partial charge in [0.25, 0.3) is 0 Å². The molecule has 106 valence electrons. The second-order valence-electron chi connectivity index (χ2n) is 3.88. The van der Waals surface area contributed by atoms with Crippen LogP contribution in [0, 0.1) is 0 Å². The standard InChI is InChI=1S/C9H12N8O3/c10-7(18)16(12)5-1-3-4(15-9(20)14-3)2-6(5)17(13)8(11)19/h1-2H,12-13H2,(H2,10,18)(H2,11,19)(H2,14,15,20). The van der Waals surface area contributed by atoms with Crippen LogP contribution >= 0.6 is 0 Å². The number of hydrogen-bond acceptors (Lipinski definition) is 5. The Morgan fingerprint density at radius 2 is 1.25 bits per heavy atom. The van der Waals surface area contributed by atoms with E-state index >= 15 is 0 Å². The first-order valence-corrected chi connectivity index (χ1v) is 5.26. The zero-order chi connectivity index (χ0) is 15.0. The first-order valence-electron chi connectivity index (χ1n) is 5.26. The van der Waals surface area contributed by atoms with E-state index in [1.807, 2.05) is 0 Å². The van der Waals surface area contributed by atoms with E-state index in [1.54, 1.807) is 0 Å². The fourth-order valence-corrected chi connectivity index (χ4v) is 1.68. The van der Waals surface area contributed by atoms with Crippen LogP contribution in [0.1, 0.15) is 0 Å². The number of urea groups is 2. The molecule has 0 bridgehead atoms. The number of anilines is 2. The summed E-state index contributed by atoms with van der Waals surface area (Å²) >= 11 is 0. The lowest BCUT2D eigenvalue weighted by molar-refractivity contribution is 0.252. The zero-order valence-corrected chi connectivity index (χ0v) is 10.1. The van der Waals surface area contributed by atoms with E-state index in [9.17, 15) is 14.4 Å². The number of amides is 4. The Labute approximate surface area is 111 Å². The van der Waals surface area contributed by atoms with Crippen molar-refractivity contribution in [3.05, 3.63) is 22.6 Å². The molecular formula is C9H12N8O3. The highest BCUT2D eigenvalue weighted by Gasteiger charge is 2.20. The van der Waals surface area contributed by atoms with Crippen molar-refractivity contribution >= 4 is 34.5 Å². The summed E-state index contributed by atoms with van der Waals surface area (Å²) in [6.45, 7) is 0. The third kappa shape index (κ3) is 2.13. The van der Waals surface area contributed by atoms with Gasteiger partial charge in [0.15, 0.2) is 0 Å². The normalized spacial score (nSPS) is 10.5. The Hall–Kier alpha value is -3.05. The van der Waals surface area contributed by atoms with E-state index in [0.29, 0.717) is 21.1 Å². The van der Waals surface area contributed by atoms with E-state index < -0.39 is 17.8 Å². The number of hydrogen-bond donors (Lipinski definition) is 6. The molecule has 1 aromatic heterocycles. The summed E-state index contributed by atoms with van der Waals surface area (Å²) in [5, 5.41) is 1.14. The molecule has 10 N–H and O–H groups in total. The quantitative estimate of drug-likeness (QED) is 0.218. The van der Waals surface area contributed by atoms with Crippen molar-refractivity contribution in [1.82, 2.24) is 9.97 Å². The number of carbonyl (C=O) groups is 2. The lowest BCUT2D eigenvalue weighted by Crippen LogP contribution is -2.46. The summed E-state index contributed by atoms with van der Waals surface area (Å²) in [4.78, 5) is 38.5. The number of imidazole rings is 1. The summed E-state index contributed by atoms with van der Waals surface area (Å²) < 4.78 is 0. The van der Waals surface area contributed by atoms with Crippen LogP contribution in [0.3, 0.4) is 0 Å². The van der Waals surface area contributed by atoms with E-state index in [4.69, 9.17) is 23.2 Å². The van der Waals surface area contributed by atoms with Crippen molar-refractivity contribution in [3.8, 4) is 0 Å². The van der Waals surface area contributed by atoms with Crippen molar-refractivity contribution < 1.29 is 9.59 Å². The molecule has 0 saturated carbocycles. The van der Waals surface area contributed by atoms with E-state index in [1.165, 1.54) is 12.1 Å². The number of nitrogens with two attached hydrogens (primary N) is 4. The van der Waals surface area contributed by atoms with Gasteiger partial charge in [-0.2, -0.15) is 0 Å². The Bertz CT molecular complexity index is 687. The molecule has 11 heteroatoms. The second kappa shape index (κ2) is 4.56. The minimum Gasteiger partial charge on any atom is -0.350 e. The topological polar surface area (TPSA) is 193 Å². The van der Waals surface area contributed by atoms with Crippen LogP contribution < -0.4 is 38.9 Å². The number of aromatic nitrogens is 2. The third-order valence-electron chi connectivity index (χ3n) is 2.61. The number of aromatic amines is 2. The van der Waals surface area contributed by atoms with Crippen LogP contribution in [0.5, 0.6) is 0 Å². The molecular weight excluding hydrogens is 268 g/mol. The summed E-state index contributed by atoms with van der Waals surface area (Å²) in [5.74, 6) is 11.0. The van der Waals surface area contributed by atoms with Crippen molar-refractivity contribution in [3.63, 3.8) is 0 Å². The number of H-pyrrole nitrogens is 2. The maximum atomic E-state index is 11.2. The first-order chi connectivity index (χ1) is 9.31. The van der Waals surface area contributed by atoms with Gasteiger partial charge in [-0.05, 0) is 12.1 Å². The molecule has 0 radical (unpaired) electrons. The third-order valence-corrected chi connectivity index (χ3v) is 2.61. The Balaban J connectivity index is 2.73. The average molecular weight is 280 g/mol. The number of hydrazine groups is 2. The van der Waals surface area contributed by atoms with Gasteiger partial charge in [-0.15, -0.1) is 0 Å². The lowest BCUT2D eigenvalue weighted by atomic mass is 10.2. The maximum absolute atomic E-state index is 11.2. The fraction of sp³-hybridized carbons (Fsp3) is 0. The van der Waals surface area contributed by atoms with Gasteiger partial charge in [0.2, 0.25) is 0 Å². The van der Waals surface area contributed by atoms with Crippen LogP contribution in [0.25, 0.3) is 11.0 Å². The average Bonchev–Trinajstić information content (AvgIpc) is 2.74. The van der Waals surface area contributed by atoms with Crippen LogP contribution in [0.4, 0.5) is 21.0 Å². The summed E-state index contributed by atoms with van der Waals surface area (Å²) in [6.07, 6.45) is 0. The molecule has 0 aliphatic rings. The van der Waals surface area contributed by atoms with Crippen LogP contribution in [0.15, 0.2) is 16.9 Å². The van der Waals surface area contributed by atoms with E-state index in [0.717, 1.165) is 0 Å². The van der Waals surface area contributed by atoms with Gasteiger partial charge in [-0.25, -0.2) is 36.1 Å². The SMILES string of the molecule is NC(=O)N(N)c1cc2[nH]c(=O)[nH]c2cc1N(N)C(N)=O. The highest BCUT2D eigenvalue weighted by Crippen LogP contribution is 2.30. The molecule has 20 heavy (non-hydrogen) atoms. The molecule has 0 fully saturated rings. The molecule has 4 amide bonds. The molecule has 0 saturated heterocycles. The Kier molecular flexibility index (Phi) is 3.05. The number of fused-ring (bicyclic) bond motifs is 1. The summed E-state index contributed by atoms with van der Waals surface area (Å²) in [5.41, 5.74) is 10.4. The highest BCUT2D eigenvalue weighted by atomic mass is 16.2. The van der Waals surface area contributed by atoms with Gasteiger partial charge < -0.3 is 21.4 Å². The Morgan fingerprint density at radius 3 is 1.55 bits per heavy atom. The summed E-state index contributed by atoms with van der Waals surface area (Å²) in [7, 11) is 0. The number of carbonyl (C=O) groups excluding carboxylic acids is 2. The molecule has 1 heterocycles. The van der Waals surface area contributed by atoms with Crippen molar-refractivity contribution in [2.24, 2.45) is 23.2 Å². The van der Waals surface area contributed by atoms with Crippen molar-refractivity contribution in [2.45, 2.75) is 0 Å². The van der Waals surface area contributed by atoms with Crippen LogP contribution in [-0.2, 0) is 0 Å². The molecule has 0 spiro atoms. The van der Waals surface area contributed by atoms with Gasteiger partial charge >= 0.3 is 17.8 Å². The second-order valence-corrected chi connectivity index (χ2v) is 3.88. The lowest BCUT2D eigenvalue weighted by Gasteiger charge is -2.22. The predicted octanol–water partition coefficient (Wildman–Crippen LogP) is -1.63. The molecule has 0 aliphatic heterocycles. The van der Waals surface area contributed by atoms with Crippen LogP contribution in [0.2, 0.25) is 0 Å². The van der Waals surface area contributed by atoms with Crippen LogP contribution in [-0.4, -0.2) is 22.0 Å². The largest absolute Gasteiger partial charge is 0.350 e. The number of nitrogens with one attached hydrogen (secondary N) is 2. The zero-order valence-electron chi connectivity index (χ0n) is 10.1. The van der Waals surface area contributed by atoms with Crippen molar-refractivity contribution in [1.29, 1.82) is 0 Å². The number of rotatable bonds is 2. The van der Waals surface area contributed by atoms with E-state index in [-0.39, 0.29) is 11.4 Å². The number of benzene rings is 1. The monoisotopic (exact) mass is 280 g/mol. The summed E-state index contributed by atoms with van der Waals surface area (Å²) in [6, 6.07) is 0.689. The number of nitrogens with zero attached hydrogens (tertiary/aromatic N) is 2. The molecule has 0 atom stereocenters. The first kappa shape index (κ1) is 13.4. The molecule has 0 unspecified atom stereocenters.